The summed E-state index contributed by atoms with van der Waals surface area (Å²) < 4.78 is 5.94. The highest BCUT2D eigenvalue weighted by atomic mass is 16.5. The lowest BCUT2D eigenvalue weighted by Crippen LogP contribution is -2.12. The van der Waals surface area contributed by atoms with Crippen LogP contribution in [0.4, 0.5) is 5.95 Å². The van der Waals surface area contributed by atoms with Crippen LogP contribution in [0.15, 0.2) is 64.5 Å². The minimum absolute atomic E-state index is 0.155. The van der Waals surface area contributed by atoms with Crippen molar-refractivity contribution in [1.29, 1.82) is 0 Å². The van der Waals surface area contributed by atoms with Gasteiger partial charge in [0.25, 0.3) is 5.56 Å². The number of anilines is 1. The van der Waals surface area contributed by atoms with Gasteiger partial charge < -0.3 is 4.74 Å². The van der Waals surface area contributed by atoms with Gasteiger partial charge in [-0.15, -0.1) is 0 Å². The monoisotopic (exact) mass is 376 g/mol. The number of para-hydroxylation sites is 1. The predicted molar refractivity (Wildman–Crippen MR) is 112 cm³/mol. The average Bonchev–Trinajstić information content (AvgIpc) is 2.68. The molecule has 0 bridgehead atoms. The maximum atomic E-state index is 11.7. The van der Waals surface area contributed by atoms with E-state index in [0.29, 0.717) is 18.2 Å². The quantitative estimate of drug-likeness (QED) is 0.478. The fraction of sp³-hybridized carbons (Fsp3) is 0.227. The van der Waals surface area contributed by atoms with Gasteiger partial charge in [-0.3, -0.25) is 9.78 Å². The lowest BCUT2D eigenvalue weighted by molar-refractivity contribution is 0.306. The molecular formula is C22H24N4O2. The van der Waals surface area contributed by atoms with Crippen molar-refractivity contribution in [1.82, 2.24) is 9.97 Å². The van der Waals surface area contributed by atoms with Crippen LogP contribution in [-0.4, -0.2) is 16.2 Å². The first kappa shape index (κ1) is 19.4. The molecule has 0 saturated carbocycles. The number of aryl methyl sites for hydroxylation is 1. The molecule has 0 aliphatic carbocycles. The molecule has 0 unspecified atom stereocenters. The van der Waals surface area contributed by atoms with Crippen LogP contribution in [-0.2, 0) is 6.61 Å². The maximum Gasteiger partial charge on any atom is 0.252 e. The summed E-state index contributed by atoms with van der Waals surface area (Å²) in [6.07, 6.45) is 1.65. The van der Waals surface area contributed by atoms with Crippen LogP contribution in [0.5, 0.6) is 5.75 Å². The molecule has 2 aromatic carbocycles. The summed E-state index contributed by atoms with van der Waals surface area (Å²) in [5.74, 6) is 1.19. The highest BCUT2D eigenvalue weighted by Crippen LogP contribution is 2.18. The van der Waals surface area contributed by atoms with E-state index in [9.17, 15) is 4.79 Å². The van der Waals surface area contributed by atoms with Gasteiger partial charge in [-0.2, -0.15) is 5.10 Å². The van der Waals surface area contributed by atoms with Gasteiger partial charge in [0.15, 0.2) is 0 Å². The van der Waals surface area contributed by atoms with Crippen LogP contribution in [0.25, 0.3) is 0 Å². The Balaban J connectivity index is 1.69. The summed E-state index contributed by atoms with van der Waals surface area (Å²) in [5, 5.41) is 4.19. The number of H-pyrrole nitrogens is 1. The van der Waals surface area contributed by atoms with E-state index in [1.54, 1.807) is 6.21 Å². The van der Waals surface area contributed by atoms with Gasteiger partial charge in [0.2, 0.25) is 5.95 Å². The van der Waals surface area contributed by atoms with Gasteiger partial charge in [0.1, 0.15) is 12.4 Å². The summed E-state index contributed by atoms with van der Waals surface area (Å²) >= 11 is 0. The molecule has 0 aliphatic heterocycles. The number of nitrogens with zero attached hydrogens (tertiary/aromatic N) is 2. The average molecular weight is 376 g/mol. The van der Waals surface area contributed by atoms with Gasteiger partial charge in [0.05, 0.1) is 11.9 Å². The van der Waals surface area contributed by atoms with Crippen molar-refractivity contribution in [3.05, 3.63) is 87.3 Å². The summed E-state index contributed by atoms with van der Waals surface area (Å²) in [7, 11) is 0. The first-order chi connectivity index (χ1) is 13.5. The number of benzene rings is 2. The molecule has 0 spiro atoms. The molecule has 3 aromatic rings. The third-order valence-electron chi connectivity index (χ3n) is 4.16. The highest BCUT2D eigenvalue weighted by molar-refractivity contribution is 5.83. The van der Waals surface area contributed by atoms with Crippen molar-refractivity contribution in [3.63, 3.8) is 0 Å². The lowest BCUT2D eigenvalue weighted by Gasteiger charge is -2.09. The van der Waals surface area contributed by atoms with Gasteiger partial charge in [-0.25, -0.2) is 10.4 Å². The molecule has 1 heterocycles. The number of aromatic nitrogens is 2. The second-order valence-electron chi connectivity index (χ2n) is 6.86. The maximum absolute atomic E-state index is 11.7. The van der Waals surface area contributed by atoms with Gasteiger partial charge in [-0.1, -0.05) is 55.8 Å². The molecule has 6 nitrogen and oxygen atoms in total. The van der Waals surface area contributed by atoms with E-state index in [0.717, 1.165) is 16.9 Å². The molecular weight excluding hydrogens is 352 g/mol. The Morgan fingerprint density at radius 3 is 2.68 bits per heavy atom. The number of rotatable bonds is 7. The van der Waals surface area contributed by atoms with Crippen LogP contribution in [0.1, 0.15) is 42.1 Å². The van der Waals surface area contributed by atoms with E-state index in [4.69, 9.17) is 4.74 Å². The highest BCUT2D eigenvalue weighted by Gasteiger charge is 2.05. The standard InChI is InChI=1S/C22H24N4O2/c1-15(2)19-12-21(27)25-22(24-19)26-23-13-18-6-4-5-7-20(18)28-14-17-10-8-16(3)9-11-17/h4-13,15H,14H2,1-3H3,(H2,24,25,26,27)/b23-13-. The zero-order valence-corrected chi connectivity index (χ0v) is 16.3. The van der Waals surface area contributed by atoms with Crippen molar-refractivity contribution in [3.8, 4) is 5.75 Å². The minimum atomic E-state index is -0.210. The molecule has 1 aromatic heterocycles. The number of hydrogen-bond acceptors (Lipinski definition) is 5. The molecule has 0 radical (unpaired) electrons. The third-order valence-corrected chi connectivity index (χ3v) is 4.16. The Hall–Kier alpha value is -3.41. The summed E-state index contributed by atoms with van der Waals surface area (Å²) in [6, 6.07) is 17.4. The van der Waals surface area contributed by atoms with Crippen LogP contribution in [0, 0.1) is 6.92 Å². The van der Waals surface area contributed by atoms with Crippen molar-refractivity contribution >= 4 is 12.2 Å². The van der Waals surface area contributed by atoms with Crippen molar-refractivity contribution in [2.45, 2.75) is 33.3 Å². The Labute approximate surface area is 164 Å². The number of aromatic amines is 1. The van der Waals surface area contributed by atoms with Crippen LogP contribution < -0.4 is 15.7 Å². The Morgan fingerprint density at radius 1 is 1.18 bits per heavy atom. The second-order valence-corrected chi connectivity index (χ2v) is 6.86. The second kappa shape index (κ2) is 8.99. The van der Waals surface area contributed by atoms with E-state index in [1.165, 1.54) is 11.6 Å². The largest absolute Gasteiger partial charge is 0.488 e. The smallest absolute Gasteiger partial charge is 0.252 e. The molecule has 6 heteroatoms. The van der Waals surface area contributed by atoms with Crippen LogP contribution in [0.3, 0.4) is 0 Å². The molecule has 0 aliphatic rings. The van der Waals surface area contributed by atoms with Gasteiger partial charge in [0, 0.05) is 11.6 Å². The Morgan fingerprint density at radius 2 is 1.93 bits per heavy atom. The van der Waals surface area contributed by atoms with E-state index in [-0.39, 0.29) is 11.5 Å². The summed E-state index contributed by atoms with van der Waals surface area (Å²) in [5.41, 5.74) is 6.43. The fourth-order valence-corrected chi connectivity index (χ4v) is 2.55. The lowest BCUT2D eigenvalue weighted by atomic mass is 10.1. The van der Waals surface area contributed by atoms with Gasteiger partial charge >= 0.3 is 0 Å². The first-order valence-electron chi connectivity index (χ1n) is 9.19. The Kier molecular flexibility index (Phi) is 6.22. The zero-order valence-electron chi connectivity index (χ0n) is 16.3. The third kappa shape index (κ3) is 5.30. The topological polar surface area (TPSA) is 79.4 Å². The molecule has 2 N–H and O–H groups in total. The zero-order chi connectivity index (χ0) is 19.9. The first-order valence-corrected chi connectivity index (χ1v) is 9.19. The fourth-order valence-electron chi connectivity index (χ4n) is 2.55. The SMILES string of the molecule is Cc1ccc(COc2ccccc2/C=N\Nc2nc(C(C)C)cc(=O)[nH]2)cc1. The molecule has 28 heavy (non-hydrogen) atoms. The number of hydrogen-bond donors (Lipinski definition) is 2. The van der Waals surface area contributed by atoms with Gasteiger partial charge in [-0.05, 0) is 30.5 Å². The molecule has 144 valence electrons. The normalized spacial score (nSPS) is 11.1. The minimum Gasteiger partial charge on any atom is -0.488 e. The summed E-state index contributed by atoms with van der Waals surface area (Å²) in [6.45, 7) is 6.50. The predicted octanol–water partition coefficient (Wildman–Crippen LogP) is 4.23. The van der Waals surface area contributed by atoms with Crippen LogP contribution in [0.2, 0.25) is 0 Å². The molecule has 0 fully saturated rings. The number of hydrazone groups is 1. The van der Waals surface area contributed by atoms with E-state index in [2.05, 4.69) is 51.7 Å². The van der Waals surface area contributed by atoms with Crippen molar-refractivity contribution in [2.24, 2.45) is 5.10 Å². The van der Waals surface area contributed by atoms with E-state index >= 15 is 0 Å². The number of ether oxygens (including phenoxy) is 1. The van der Waals surface area contributed by atoms with Crippen LogP contribution >= 0.6 is 0 Å². The Bertz CT molecular complexity index is 1010. The van der Waals surface area contributed by atoms with E-state index in [1.807, 2.05) is 38.1 Å². The number of nitrogens with one attached hydrogen (secondary N) is 2. The molecule has 3 rings (SSSR count). The molecule has 0 amide bonds. The van der Waals surface area contributed by atoms with Crippen molar-refractivity contribution in [2.75, 3.05) is 5.43 Å². The van der Waals surface area contributed by atoms with E-state index < -0.39 is 0 Å². The van der Waals surface area contributed by atoms with Crippen molar-refractivity contribution < 1.29 is 4.74 Å². The summed E-state index contributed by atoms with van der Waals surface area (Å²) in [4.78, 5) is 18.7. The molecule has 0 saturated heterocycles. The molecule has 0 atom stereocenters.